The number of carbonyl (C=O) groups is 1. The van der Waals surface area contributed by atoms with E-state index in [0.717, 1.165) is 5.75 Å². The molecule has 3 heteroatoms. The van der Waals surface area contributed by atoms with Crippen molar-refractivity contribution < 1.29 is 8.98 Å². The molecule has 0 aromatic heterocycles. The molecule has 0 aromatic rings. The predicted molar refractivity (Wildman–Crippen MR) is 94.4 cm³/mol. The Morgan fingerprint density at radius 3 is 2.38 bits per heavy atom. The minimum absolute atomic E-state index is 0.107. The Balaban J connectivity index is 3.46. The van der Waals surface area contributed by atoms with Crippen LogP contribution in [0.25, 0.3) is 0 Å². The van der Waals surface area contributed by atoms with Crippen LogP contribution in [0.2, 0.25) is 0 Å². The first-order valence-electron chi connectivity index (χ1n) is 8.71. The quantitative estimate of drug-likeness (QED) is 0.213. The first-order valence-corrected chi connectivity index (χ1v) is 9.62. The smallest absolute Gasteiger partial charge is 0.317 e. The van der Waals surface area contributed by atoms with Gasteiger partial charge >= 0.3 is 5.97 Å². The average Bonchev–Trinajstić information content (AvgIpc) is 2.51. The third kappa shape index (κ3) is 14.3. The molecule has 0 fully saturated rings. The number of unbranched alkanes of at least 4 members (excludes halogenated alkanes) is 5. The van der Waals surface area contributed by atoms with Gasteiger partial charge in [0.1, 0.15) is 0 Å². The van der Waals surface area contributed by atoms with E-state index in [9.17, 15) is 4.79 Å². The summed E-state index contributed by atoms with van der Waals surface area (Å²) in [4.78, 5) is 11.1. The van der Waals surface area contributed by atoms with Crippen molar-refractivity contribution in [2.75, 3.05) is 5.75 Å². The first-order chi connectivity index (χ1) is 10.2. The highest BCUT2D eigenvalue weighted by Crippen LogP contribution is 2.20. The summed E-state index contributed by atoms with van der Waals surface area (Å²) >= 11 is 1.34. The van der Waals surface area contributed by atoms with E-state index < -0.39 is 0 Å². The van der Waals surface area contributed by atoms with Crippen molar-refractivity contribution in [1.29, 1.82) is 0 Å². The normalized spacial score (nSPS) is 12.7. The average molecular weight is 315 g/mol. The molecule has 0 aromatic carbocycles. The Kier molecular flexibility index (Phi) is 15.6. The molecule has 0 amide bonds. The predicted octanol–water partition coefficient (Wildman–Crippen LogP) is 6.31. The molecule has 0 saturated heterocycles. The Morgan fingerprint density at radius 1 is 1.05 bits per heavy atom. The second kappa shape index (κ2) is 15.9. The third-order valence-corrected chi connectivity index (χ3v) is 4.61. The zero-order valence-electron chi connectivity index (χ0n) is 14.2. The molecule has 124 valence electrons. The van der Waals surface area contributed by atoms with E-state index in [2.05, 4.69) is 26.0 Å². The molecular formula is C18H34O2S. The largest absolute Gasteiger partial charge is 0.391 e. The van der Waals surface area contributed by atoms with E-state index in [-0.39, 0.29) is 5.97 Å². The van der Waals surface area contributed by atoms with Crippen LogP contribution in [0, 0.1) is 5.92 Å². The number of carbonyl (C=O) groups excluding carboxylic acids is 1. The second-order valence-electron chi connectivity index (χ2n) is 5.62. The Hall–Kier alpha value is -0.440. The van der Waals surface area contributed by atoms with Crippen molar-refractivity contribution in [2.45, 2.75) is 85.0 Å². The van der Waals surface area contributed by atoms with Crippen molar-refractivity contribution in [3.05, 3.63) is 12.2 Å². The van der Waals surface area contributed by atoms with E-state index in [1.807, 2.05) is 6.92 Å². The van der Waals surface area contributed by atoms with Crippen molar-refractivity contribution in [3.63, 3.8) is 0 Å². The Labute approximate surface area is 136 Å². The number of hydrogen-bond donors (Lipinski definition) is 0. The standard InChI is InChI=1S/C18H34O2S/c1-4-7-8-9-10-11-12-13-14-15-17(5-2)16-21-20-18(19)6-3/h9-10,17H,4-8,11-16H2,1-3H3. The summed E-state index contributed by atoms with van der Waals surface area (Å²) in [5, 5.41) is 0. The SMILES string of the molecule is CCCCC=CCCCCCC(CC)CSOC(=O)CC. The van der Waals surface area contributed by atoms with Crippen LogP contribution in [0.15, 0.2) is 12.2 Å². The molecule has 0 heterocycles. The first kappa shape index (κ1) is 20.6. The minimum atomic E-state index is -0.107. The lowest BCUT2D eigenvalue weighted by Gasteiger charge is -2.13. The van der Waals surface area contributed by atoms with Crippen LogP contribution >= 0.6 is 12.0 Å². The third-order valence-electron chi connectivity index (χ3n) is 3.70. The van der Waals surface area contributed by atoms with Crippen molar-refractivity contribution in [1.82, 2.24) is 0 Å². The summed E-state index contributed by atoms with van der Waals surface area (Å²) in [7, 11) is 0. The molecule has 0 bridgehead atoms. The van der Waals surface area contributed by atoms with Crippen LogP contribution in [-0.2, 0) is 8.98 Å². The molecule has 1 unspecified atom stereocenters. The summed E-state index contributed by atoms with van der Waals surface area (Å²) in [5.74, 6) is 1.52. The lowest BCUT2D eigenvalue weighted by molar-refractivity contribution is -0.132. The maximum atomic E-state index is 11.1. The fourth-order valence-corrected chi connectivity index (χ4v) is 3.00. The number of hydrogen-bond acceptors (Lipinski definition) is 3. The van der Waals surface area contributed by atoms with Crippen molar-refractivity contribution >= 4 is 18.0 Å². The van der Waals surface area contributed by atoms with Gasteiger partial charge in [0, 0.05) is 12.2 Å². The molecule has 0 aliphatic rings. The maximum absolute atomic E-state index is 11.1. The van der Waals surface area contributed by atoms with Gasteiger partial charge < -0.3 is 4.18 Å². The maximum Gasteiger partial charge on any atom is 0.317 e. The zero-order chi connectivity index (χ0) is 15.8. The van der Waals surface area contributed by atoms with Gasteiger partial charge in [-0.3, -0.25) is 4.79 Å². The monoisotopic (exact) mass is 314 g/mol. The highest BCUT2D eigenvalue weighted by Gasteiger charge is 2.08. The topological polar surface area (TPSA) is 26.3 Å². The molecule has 0 radical (unpaired) electrons. The van der Waals surface area contributed by atoms with Gasteiger partial charge in [0.15, 0.2) is 0 Å². The molecule has 0 spiro atoms. The summed E-state index contributed by atoms with van der Waals surface area (Å²) in [6.07, 6.45) is 16.5. The van der Waals surface area contributed by atoms with E-state index in [1.54, 1.807) is 0 Å². The van der Waals surface area contributed by atoms with Gasteiger partial charge in [0.25, 0.3) is 0 Å². The molecule has 0 rings (SSSR count). The van der Waals surface area contributed by atoms with E-state index in [0.29, 0.717) is 12.3 Å². The zero-order valence-corrected chi connectivity index (χ0v) is 15.1. The lowest BCUT2D eigenvalue weighted by atomic mass is 10.00. The van der Waals surface area contributed by atoms with Gasteiger partial charge in [0.05, 0.1) is 12.0 Å². The fraction of sp³-hybridized carbons (Fsp3) is 0.833. The van der Waals surface area contributed by atoms with Crippen LogP contribution in [-0.4, -0.2) is 11.7 Å². The van der Waals surface area contributed by atoms with Crippen molar-refractivity contribution in [3.8, 4) is 0 Å². The van der Waals surface area contributed by atoms with Crippen LogP contribution < -0.4 is 0 Å². The van der Waals surface area contributed by atoms with Gasteiger partial charge in [-0.15, -0.1) is 0 Å². The van der Waals surface area contributed by atoms with Crippen LogP contribution in [0.1, 0.15) is 85.0 Å². The van der Waals surface area contributed by atoms with Gasteiger partial charge in [0.2, 0.25) is 0 Å². The van der Waals surface area contributed by atoms with Crippen LogP contribution in [0.3, 0.4) is 0 Å². The molecule has 0 aliphatic carbocycles. The molecule has 2 nitrogen and oxygen atoms in total. The summed E-state index contributed by atoms with van der Waals surface area (Å²) < 4.78 is 5.08. The second-order valence-corrected chi connectivity index (χ2v) is 6.36. The summed E-state index contributed by atoms with van der Waals surface area (Å²) in [6, 6.07) is 0. The van der Waals surface area contributed by atoms with Crippen LogP contribution in [0.4, 0.5) is 0 Å². The molecule has 1 atom stereocenters. The van der Waals surface area contributed by atoms with E-state index in [1.165, 1.54) is 69.8 Å². The number of rotatable bonds is 14. The Bertz CT molecular complexity index is 264. The molecular weight excluding hydrogens is 280 g/mol. The van der Waals surface area contributed by atoms with Gasteiger partial charge in [-0.2, -0.15) is 0 Å². The molecule has 0 N–H and O–H groups in total. The summed E-state index contributed by atoms with van der Waals surface area (Å²) in [5.41, 5.74) is 0. The highest BCUT2D eigenvalue weighted by atomic mass is 32.2. The molecule has 0 aliphatic heterocycles. The molecule has 21 heavy (non-hydrogen) atoms. The lowest BCUT2D eigenvalue weighted by Crippen LogP contribution is -2.05. The van der Waals surface area contributed by atoms with Crippen molar-refractivity contribution in [2.24, 2.45) is 5.92 Å². The Morgan fingerprint density at radius 2 is 1.76 bits per heavy atom. The van der Waals surface area contributed by atoms with Gasteiger partial charge in [-0.05, 0) is 31.6 Å². The van der Waals surface area contributed by atoms with E-state index in [4.69, 9.17) is 4.18 Å². The van der Waals surface area contributed by atoms with E-state index >= 15 is 0 Å². The minimum Gasteiger partial charge on any atom is -0.391 e. The van der Waals surface area contributed by atoms with Gasteiger partial charge in [-0.1, -0.05) is 65.0 Å². The van der Waals surface area contributed by atoms with Gasteiger partial charge in [-0.25, -0.2) is 0 Å². The van der Waals surface area contributed by atoms with Crippen LogP contribution in [0.5, 0.6) is 0 Å². The fourth-order valence-electron chi connectivity index (χ4n) is 2.09. The number of allylic oxidation sites excluding steroid dienone is 2. The molecule has 0 saturated carbocycles. The highest BCUT2D eigenvalue weighted by molar-refractivity contribution is 7.95. The summed E-state index contributed by atoms with van der Waals surface area (Å²) in [6.45, 7) is 6.29.